The molecule has 1 atom stereocenters. The standard InChI is InChI=1S/C13H27N.C4H9.Li.Mg/c1-6-7-8-11-9-10-14-13(4,5)12(11,2)3;1-3-4-2;;/h11,14H,6-10H2,1-5H3;1,3-4H2,2H3;;/q;-1;;+2. The van der Waals surface area contributed by atoms with Gasteiger partial charge in [-0.1, -0.05) is 47.0 Å². The molecule has 111 valence electrons. The summed E-state index contributed by atoms with van der Waals surface area (Å²) in [4.78, 5) is 0. The molecule has 1 rings (SSSR count). The molecule has 1 aliphatic rings. The maximum atomic E-state index is 3.66. The molecule has 1 heterocycles. The topological polar surface area (TPSA) is 12.0 Å². The van der Waals surface area contributed by atoms with Gasteiger partial charge in [0.05, 0.1) is 0 Å². The maximum Gasteiger partial charge on any atom is 2.00 e. The van der Waals surface area contributed by atoms with E-state index in [0.29, 0.717) is 11.0 Å². The fourth-order valence-electron chi connectivity index (χ4n) is 2.61. The van der Waals surface area contributed by atoms with E-state index in [1.807, 2.05) is 0 Å². The van der Waals surface area contributed by atoms with Crippen LogP contribution >= 0.6 is 0 Å². The fourth-order valence-corrected chi connectivity index (χ4v) is 2.61. The van der Waals surface area contributed by atoms with Crippen molar-refractivity contribution in [1.29, 1.82) is 0 Å². The first-order valence-electron chi connectivity index (χ1n) is 7.87. The van der Waals surface area contributed by atoms with Gasteiger partial charge in [0.1, 0.15) is 0 Å². The van der Waals surface area contributed by atoms with Crippen LogP contribution in [0.2, 0.25) is 0 Å². The Labute approximate surface area is 157 Å². The zero-order valence-corrected chi connectivity index (χ0v) is 16.9. The Morgan fingerprint density at radius 2 is 1.60 bits per heavy atom. The van der Waals surface area contributed by atoms with Crippen LogP contribution in [0.3, 0.4) is 0 Å². The van der Waals surface area contributed by atoms with E-state index in [0.717, 1.165) is 12.3 Å². The van der Waals surface area contributed by atoms with E-state index in [1.165, 1.54) is 38.6 Å². The molecule has 1 nitrogen and oxygen atoms in total. The van der Waals surface area contributed by atoms with Crippen LogP contribution in [-0.2, 0) is 0 Å². The molecule has 0 bridgehead atoms. The van der Waals surface area contributed by atoms with Crippen LogP contribution in [0, 0.1) is 18.3 Å². The second-order valence-electron chi connectivity index (χ2n) is 6.75. The second kappa shape index (κ2) is 12.8. The summed E-state index contributed by atoms with van der Waals surface area (Å²) in [5.74, 6) is 0.902. The molecular formula is C17H36LiMgN+. The summed E-state index contributed by atoms with van der Waals surface area (Å²) in [6.45, 7) is 18.8. The molecular weight excluding hydrogens is 249 g/mol. The molecule has 1 saturated heterocycles. The predicted octanol–water partition coefficient (Wildman–Crippen LogP) is 4.45. The fraction of sp³-hybridized carbons (Fsp3) is 0.941. The summed E-state index contributed by atoms with van der Waals surface area (Å²) in [5, 5.41) is 3.66. The maximum absolute atomic E-state index is 3.66. The molecule has 0 aromatic heterocycles. The van der Waals surface area contributed by atoms with Gasteiger partial charge < -0.3 is 12.2 Å². The number of hydrogen-bond donors (Lipinski definition) is 1. The second-order valence-corrected chi connectivity index (χ2v) is 6.75. The van der Waals surface area contributed by atoms with Gasteiger partial charge in [0, 0.05) is 24.4 Å². The van der Waals surface area contributed by atoms with Crippen LogP contribution in [-0.4, -0.2) is 54.0 Å². The van der Waals surface area contributed by atoms with E-state index >= 15 is 0 Å². The van der Waals surface area contributed by atoms with Crippen molar-refractivity contribution in [2.75, 3.05) is 6.54 Å². The quantitative estimate of drug-likeness (QED) is 0.594. The first kappa shape index (κ1) is 26.2. The average molecular weight is 286 g/mol. The van der Waals surface area contributed by atoms with Crippen molar-refractivity contribution >= 4 is 41.9 Å². The molecule has 0 aliphatic carbocycles. The smallest absolute Gasteiger partial charge is 0.343 e. The van der Waals surface area contributed by atoms with Gasteiger partial charge in [0.2, 0.25) is 0 Å². The molecule has 0 saturated carbocycles. The number of nitrogens with one attached hydrogen (secondary N) is 1. The van der Waals surface area contributed by atoms with Gasteiger partial charge in [-0.25, -0.2) is 0 Å². The molecule has 1 radical (unpaired) electrons. The van der Waals surface area contributed by atoms with Gasteiger partial charge in [-0.3, -0.25) is 0 Å². The Morgan fingerprint density at radius 1 is 1.10 bits per heavy atom. The van der Waals surface area contributed by atoms with Crippen LogP contribution in [0.1, 0.15) is 80.1 Å². The zero-order valence-electron chi connectivity index (χ0n) is 15.4. The number of unbranched alkanes of at least 4 members (excludes halogenated alkanes) is 2. The van der Waals surface area contributed by atoms with Crippen LogP contribution in [0.4, 0.5) is 0 Å². The summed E-state index contributed by atoms with van der Waals surface area (Å²) in [5.41, 5.74) is 0.726. The Morgan fingerprint density at radius 3 is 2.00 bits per heavy atom. The first-order valence-corrected chi connectivity index (χ1v) is 7.87. The van der Waals surface area contributed by atoms with Gasteiger partial charge in [-0.2, -0.15) is 6.42 Å². The molecule has 3 heteroatoms. The van der Waals surface area contributed by atoms with Crippen molar-refractivity contribution in [3.63, 3.8) is 0 Å². The van der Waals surface area contributed by atoms with E-state index in [9.17, 15) is 0 Å². The minimum atomic E-state index is 0. The van der Waals surface area contributed by atoms with Gasteiger partial charge in [0.25, 0.3) is 0 Å². The molecule has 1 unspecified atom stereocenters. The van der Waals surface area contributed by atoms with Crippen molar-refractivity contribution < 1.29 is 0 Å². The van der Waals surface area contributed by atoms with E-state index in [4.69, 9.17) is 0 Å². The van der Waals surface area contributed by atoms with Gasteiger partial charge in [-0.15, -0.1) is 0 Å². The Balaban J connectivity index is -0.000000429. The van der Waals surface area contributed by atoms with Crippen molar-refractivity contribution in [3.8, 4) is 0 Å². The van der Waals surface area contributed by atoms with E-state index in [1.54, 1.807) is 0 Å². The molecule has 20 heavy (non-hydrogen) atoms. The summed E-state index contributed by atoms with van der Waals surface area (Å²) < 4.78 is 0. The number of piperidine rings is 1. The average Bonchev–Trinajstić information content (AvgIpc) is 2.31. The third-order valence-electron chi connectivity index (χ3n) is 4.95. The van der Waals surface area contributed by atoms with Gasteiger partial charge in [-0.05, 0) is 44.6 Å². The predicted molar refractivity (Wildman–Crippen MR) is 95.3 cm³/mol. The van der Waals surface area contributed by atoms with E-state index < -0.39 is 0 Å². The third-order valence-corrected chi connectivity index (χ3v) is 4.95. The van der Waals surface area contributed by atoms with Gasteiger partial charge >= 0.3 is 23.1 Å². The summed E-state index contributed by atoms with van der Waals surface area (Å²) in [6.07, 6.45) is 7.77. The Hall–Kier alpha value is 1.32. The number of hydrogen-bond acceptors (Lipinski definition) is 1. The molecule has 1 fully saturated rings. The third kappa shape index (κ3) is 8.09. The Bertz CT molecular complexity index is 215. The summed E-state index contributed by atoms with van der Waals surface area (Å²) >= 11 is 0. The van der Waals surface area contributed by atoms with Crippen molar-refractivity contribution in [1.82, 2.24) is 5.32 Å². The van der Waals surface area contributed by atoms with Crippen LogP contribution in [0.15, 0.2) is 0 Å². The van der Waals surface area contributed by atoms with Crippen LogP contribution in [0.25, 0.3) is 0 Å². The van der Waals surface area contributed by atoms with E-state index in [-0.39, 0.29) is 41.9 Å². The number of rotatable bonds is 4. The molecule has 1 N–H and O–H groups in total. The van der Waals surface area contributed by atoms with Crippen molar-refractivity contribution in [2.24, 2.45) is 11.3 Å². The molecule has 0 spiro atoms. The Kier molecular flexibility index (Phi) is 16.8. The largest absolute Gasteiger partial charge is 2.00 e. The first-order chi connectivity index (χ1) is 8.33. The molecule has 1 aliphatic heterocycles. The SMILES string of the molecule is CCCCC1CCNC(C)(C)C1(C)C.[CH2-]CCC.[Li].[Mg+2]. The molecule has 0 aromatic rings. The van der Waals surface area contributed by atoms with Gasteiger partial charge in [0.15, 0.2) is 0 Å². The minimum Gasteiger partial charge on any atom is -0.343 e. The zero-order chi connectivity index (χ0) is 14.2. The normalized spacial score (nSPS) is 22.6. The summed E-state index contributed by atoms with van der Waals surface area (Å²) in [6, 6.07) is 0. The van der Waals surface area contributed by atoms with Crippen molar-refractivity contribution in [2.45, 2.75) is 85.6 Å². The monoisotopic (exact) mass is 285 g/mol. The summed E-state index contributed by atoms with van der Waals surface area (Å²) in [7, 11) is 0. The molecule has 0 aromatic carbocycles. The van der Waals surface area contributed by atoms with Crippen LogP contribution in [0.5, 0.6) is 0 Å². The minimum absolute atomic E-state index is 0. The van der Waals surface area contributed by atoms with E-state index in [2.05, 4.69) is 53.8 Å². The molecule has 0 amide bonds. The van der Waals surface area contributed by atoms with Crippen molar-refractivity contribution in [3.05, 3.63) is 6.92 Å². The van der Waals surface area contributed by atoms with Crippen LogP contribution < -0.4 is 5.32 Å².